The SMILES string of the molecule is CC(Cl)Cl.[Al+3].[H-].[H-].[H-].[H-].[Li+]. The van der Waals surface area contributed by atoms with Crippen LogP contribution in [0.3, 0.4) is 0 Å². The second-order valence-electron chi connectivity index (χ2n) is 0.519. The second-order valence-corrected chi connectivity index (χ2v) is 2.05. The topological polar surface area (TPSA) is 0 Å². The third-order valence-corrected chi connectivity index (χ3v) is 0. The first-order valence-corrected chi connectivity index (χ1v) is 1.89. The number of halogens is 2. The molecule has 0 aromatic rings. The summed E-state index contributed by atoms with van der Waals surface area (Å²) in [6, 6.07) is 0. The first kappa shape index (κ1) is 15.6. The molecule has 0 spiro atoms. The van der Waals surface area contributed by atoms with Gasteiger partial charge < -0.3 is 5.71 Å². The molecule has 0 saturated heterocycles. The van der Waals surface area contributed by atoms with Gasteiger partial charge in [0.25, 0.3) is 0 Å². The molecule has 0 unspecified atom stereocenters. The minimum atomic E-state index is -0.222. The monoisotopic (exact) mass is 136 g/mol. The zero-order valence-corrected chi connectivity index (χ0v) is 6.58. The predicted molar refractivity (Wildman–Crippen MR) is 31.4 cm³/mol. The third-order valence-electron chi connectivity index (χ3n) is 0. The van der Waals surface area contributed by atoms with Gasteiger partial charge in [0.15, 0.2) is 0 Å². The third kappa shape index (κ3) is 43.3. The van der Waals surface area contributed by atoms with Crippen LogP contribution in [0.1, 0.15) is 12.6 Å². The van der Waals surface area contributed by atoms with E-state index in [1.807, 2.05) is 0 Å². The molecular weight excluding hydrogens is 129 g/mol. The molecule has 0 aromatic heterocycles. The summed E-state index contributed by atoms with van der Waals surface area (Å²) in [5.41, 5.74) is 0. The Bertz CT molecular complexity index is 26.0. The van der Waals surface area contributed by atoms with Crippen LogP contribution in [-0.4, -0.2) is 22.2 Å². The normalized spacial score (nSPS) is 6.00. The number of hydrogen-bond donors (Lipinski definition) is 0. The molecule has 0 aliphatic carbocycles. The van der Waals surface area contributed by atoms with Gasteiger partial charge in [-0.25, -0.2) is 0 Å². The van der Waals surface area contributed by atoms with Gasteiger partial charge in [0, 0.05) is 0 Å². The van der Waals surface area contributed by atoms with E-state index in [2.05, 4.69) is 0 Å². The van der Waals surface area contributed by atoms with Crippen molar-refractivity contribution < 1.29 is 24.6 Å². The molecule has 0 aromatic carbocycles. The summed E-state index contributed by atoms with van der Waals surface area (Å²) in [6.45, 7) is 1.70. The van der Waals surface area contributed by atoms with Crippen molar-refractivity contribution in [2.45, 2.75) is 11.8 Å². The van der Waals surface area contributed by atoms with E-state index in [4.69, 9.17) is 23.2 Å². The van der Waals surface area contributed by atoms with E-state index in [1.54, 1.807) is 6.92 Å². The van der Waals surface area contributed by atoms with Crippen molar-refractivity contribution in [1.29, 1.82) is 0 Å². The molecule has 0 saturated carbocycles. The summed E-state index contributed by atoms with van der Waals surface area (Å²) < 4.78 is 0. The van der Waals surface area contributed by atoms with E-state index in [9.17, 15) is 0 Å². The first-order chi connectivity index (χ1) is 1.73. The Balaban J connectivity index is -0.00000000300. The summed E-state index contributed by atoms with van der Waals surface area (Å²) in [4.78, 5) is -0.222. The van der Waals surface area contributed by atoms with Gasteiger partial charge in [0.05, 0.1) is 0 Å². The van der Waals surface area contributed by atoms with Crippen molar-refractivity contribution in [3.05, 3.63) is 0 Å². The Labute approximate surface area is 76.8 Å². The molecule has 0 bridgehead atoms. The van der Waals surface area contributed by atoms with Gasteiger partial charge in [0.1, 0.15) is 4.84 Å². The average molecular weight is 137 g/mol. The molecule has 4 heteroatoms. The van der Waals surface area contributed by atoms with Crippen LogP contribution >= 0.6 is 23.2 Å². The van der Waals surface area contributed by atoms with Crippen LogP contribution in [0.2, 0.25) is 0 Å². The van der Waals surface area contributed by atoms with Crippen molar-refractivity contribution in [3.63, 3.8) is 0 Å². The molecule has 6 heavy (non-hydrogen) atoms. The average Bonchev–Trinajstić information content (AvgIpc) is 0.811. The number of rotatable bonds is 0. The molecule has 0 N–H and O–H groups in total. The zero-order valence-electron chi connectivity index (χ0n) is 7.91. The maximum Gasteiger partial charge on any atom is 3.00 e. The van der Waals surface area contributed by atoms with E-state index in [-0.39, 0.29) is 46.8 Å². The molecular formula is C2H8AlCl2Li. The Hall–Kier alpha value is 1.71. The molecule has 0 radical (unpaired) electrons. The minimum Gasteiger partial charge on any atom is -1.00 e. The summed E-state index contributed by atoms with van der Waals surface area (Å²) in [6.07, 6.45) is 0. The second kappa shape index (κ2) is 9.86. The fourth-order valence-corrected chi connectivity index (χ4v) is 0. The largest absolute Gasteiger partial charge is 3.00 e. The molecule has 0 fully saturated rings. The molecule has 0 aliphatic heterocycles. The Kier molecular flexibility index (Phi) is 25.7. The van der Waals surface area contributed by atoms with Crippen LogP contribution in [0.25, 0.3) is 0 Å². The molecule has 0 amide bonds. The van der Waals surface area contributed by atoms with E-state index >= 15 is 0 Å². The van der Waals surface area contributed by atoms with Crippen LogP contribution in [-0.2, 0) is 0 Å². The van der Waals surface area contributed by atoms with Gasteiger partial charge in [-0.05, 0) is 6.92 Å². The fraction of sp³-hybridized carbons (Fsp3) is 1.00. The van der Waals surface area contributed by atoms with E-state index in [1.165, 1.54) is 0 Å². The predicted octanol–water partition coefficient (Wildman–Crippen LogP) is -1.12. The number of alkyl halides is 2. The van der Waals surface area contributed by atoms with E-state index < -0.39 is 0 Å². The fourth-order valence-electron chi connectivity index (χ4n) is 0. The van der Waals surface area contributed by atoms with Crippen molar-refractivity contribution in [1.82, 2.24) is 0 Å². The molecule has 34 valence electrons. The van der Waals surface area contributed by atoms with Gasteiger partial charge in [-0.15, -0.1) is 23.2 Å². The van der Waals surface area contributed by atoms with Crippen LogP contribution < -0.4 is 18.9 Å². The van der Waals surface area contributed by atoms with Gasteiger partial charge in [0.2, 0.25) is 0 Å². The minimum absolute atomic E-state index is 0. The summed E-state index contributed by atoms with van der Waals surface area (Å²) in [5, 5.41) is 0. The molecule has 0 atom stereocenters. The van der Waals surface area contributed by atoms with Crippen LogP contribution in [0.5, 0.6) is 0 Å². The first-order valence-electron chi connectivity index (χ1n) is 1.01. The van der Waals surface area contributed by atoms with E-state index in [0.717, 1.165) is 0 Å². The summed E-state index contributed by atoms with van der Waals surface area (Å²) in [5.74, 6) is 0. The molecule has 0 heterocycles. The summed E-state index contributed by atoms with van der Waals surface area (Å²) >= 11 is 10.1. The van der Waals surface area contributed by atoms with Gasteiger partial charge in [-0.2, -0.15) is 0 Å². The van der Waals surface area contributed by atoms with Crippen LogP contribution in [0.15, 0.2) is 0 Å². The Morgan fingerprint density at radius 1 is 1.50 bits per heavy atom. The summed E-state index contributed by atoms with van der Waals surface area (Å²) in [7, 11) is 0. The molecule has 0 nitrogen and oxygen atoms in total. The van der Waals surface area contributed by atoms with Crippen molar-refractivity contribution in [2.75, 3.05) is 0 Å². The van der Waals surface area contributed by atoms with Gasteiger partial charge in [-0.3, -0.25) is 0 Å². The molecule has 0 aliphatic rings. The Morgan fingerprint density at radius 2 is 1.50 bits per heavy atom. The van der Waals surface area contributed by atoms with E-state index in [0.29, 0.717) is 0 Å². The van der Waals surface area contributed by atoms with Crippen molar-refractivity contribution in [2.24, 2.45) is 0 Å². The smallest absolute Gasteiger partial charge is 1.00 e. The zero-order chi connectivity index (χ0) is 3.58. The maximum atomic E-state index is 5.04. The van der Waals surface area contributed by atoms with Crippen molar-refractivity contribution in [3.8, 4) is 0 Å². The van der Waals surface area contributed by atoms with Crippen molar-refractivity contribution >= 4 is 40.6 Å². The maximum absolute atomic E-state index is 5.04. The molecule has 0 rings (SSSR count). The standard InChI is InChI=1S/C2H4Cl2.Al.Li.4H/c1-2(3)4;;;;;;/h2H,1H3;;;;;;/q;+3;+1;4*-1. The van der Waals surface area contributed by atoms with Crippen LogP contribution in [0, 0.1) is 0 Å². The quantitative estimate of drug-likeness (QED) is 0.293. The van der Waals surface area contributed by atoms with Gasteiger partial charge >= 0.3 is 36.2 Å². The Morgan fingerprint density at radius 3 is 1.50 bits per heavy atom. The van der Waals surface area contributed by atoms with Gasteiger partial charge in [-0.1, -0.05) is 0 Å². The van der Waals surface area contributed by atoms with Crippen LogP contribution in [0.4, 0.5) is 0 Å². The number of hydrogen-bond acceptors (Lipinski definition) is 0.